The standard InChI is InChI=1S/C19H28N2O5S/c1-5-6-7-8-20-18(22)14-11-27-12-21(14)19(23)13-9-15(24-2)17(26-4)16(10-13)25-3/h9-10,14H,5-8,11-12H2,1-4H3,(H,20,22)/t14-/m0/s1. The molecule has 2 amide bonds. The largest absolute Gasteiger partial charge is 0.493 e. The van der Waals surface area contributed by atoms with E-state index in [-0.39, 0.29) is 11.8 Å². The highest BCUT2D eigenvalue weighted by molar-refractivity contribution is 7.99. The first-order chi connectivity index (χ1) is 13.1. The zero-order chi connectivity index (χ0) is 19.8. The van der Waals surface area contributed by atoms with Crippen molar-refractivity contribution in [3.8, 4) is 17.2 Å². The van der Waals surface area contributed by atoms with Gasteiger partial charge in [0.1, 0.15) is 6.04 Å². The van der Waals surface area contributed by atoms with Crippen LogP contribution in [0.4, 0.5) is 0 Å². The lowest BCUT2D eigenvalue weighted by atomic mass is 10.1. The van der Waals surface area contributed by atoms with E-state index in [0.29, 0.717) is 41.0 Å². The fraction of sp³-hybridized carbons (Fsp3) is 0.579. The van der Waals surface area contributed by atoms with Crippen molar-refractivity contribution in [1.82, 2.24) is 10.2 Å². The molecule has 2 rings (SSSR count). The zero-order valence-corrected chi connectivity index (χ0v) is 17.2. The van der Waals surface area contributed by atoms with Gasteiger partial charge in [-0.1, -0.05) is 19.8 Å². The van der Waals surface area contributed by atoms with Crippen LogP contribution in [0.5, 0.6) is 17.2 Å². The van der Waals surface area contributed by atoms with E-state index in [0.717, 1.165) is 19.3 Å². The van der Waals surface area contributed by atoms with E-state index >= 15 is 0 Å². The van der Waals surface area contributed by atoms with Crippen LogP contribution in [0.15, 0.2) is 12.1 Å². The lowest BCUT2D eigenvalue weighted by Crippen LogP contribution is -2.47. The highest BCUT2D eigenvalue weighted by Crippen LogP contribution is 2.39. The van der Waals surface area contributed by atoms with Crippen LogP contribution in [-0.4, -0.2) is 62.3 Å². The molecule has 150 valence electrons. The van der Waals surface area contributed by atoms with Crippen molar-refractivity contribution in [1.29, 1.82) is 0 Å². The first-order valence-corrected chi connectivity index (χ1v) is 10.2. The maximum atomic E-state index is 13.1. The quantitative estimate of drug-likeness (QED) is 0.647. The Kier molecular flexibility index (Phi) is 8.09. The van der Waals surface area contributed by atoms with Crippen LogP contribution in [0.1, 0.15) is 36.5 Å². The number of carbonyl (C=O) groups excluding carboxylic acids is 2. The van der Waals surface area contributed by atoms with Crippen LogP contribution < -0.4 is 19.5 Å². The van der Waals surface area contributed by atoms with Crippen LogP contribution in [-0.2, 0) is 4.79 Å². The van der Waals surface area contributed by atoms with Gasteiger partial charge < -0.3 is 24.4 Å². The number of ether oxygens (including phenoxy) is 3. The van der Waals surface area contributed by atoms with E-state index in [4.69, 9.17) is 14.2 Å². The van der Waals surface area contributed by atoms with Crippen LogP contribution in [0.25, 0.3) is 0 Å². The van der Waals surface area contributed by atoms with Crippen LogP contribution in [0.2, 0.25) is 0 Å². The van der Waals surface area contributed by atoms with Gasteiger partial charge in [0.2, 0.25) is 11.7 Å². The van der Waals surface area contributed by atoms with Gasteiger partial charge in [0.05, 0.1) is 27.2 Å². The molecular weight excluding hydrogens is 368 g/mol. The minimum atomic E-state index is -0.469. The summed E-state index contributed by atoms with van der Waals surface area (Å²) in [6.45, 7) is 2.76. The molecule has 0 spiro atoms. The van der Waals surface area contributed by atoms with Crippen molar-refractivity contribution >= 4 is 23.6 Å². The molecule has 1 aliphatic rings. The molecule has 1 heterocycles. The third kappa shape index (κ3) is 5.00. The number of methoxy groups -OCH3 is 3. The number of carbonyl (C=O) groups is 2. The number of thioether (sulfide) groups is 1. The molecule has 1 aromatic rings. The number of hydrogen-bond donors (Lipinski definition) is 1. The molecule has 1 atom stereocenters. The second-order valence-electron chi connectivity index (χ2n) is 6.20. The molecule has 1 aliphatic heterocycles. The highest BCUT2D eigenvalue weighted by Gasteiger charge is 2.35. The average molecular weight is 397 g/mol. The summed E-state index contributed by atoms with van der Waals surface area (Å²) in [5.74, 6) is 1.99. The third-order valence-corrected chi connectivity index (χ3v) is 5.45. The molecule has 0 unspecified atom stereocenters. The summed E-state index contributed by atoms with van der Waals surface area (Å²) in [5, 5.41) is 2.94. The molecule has 27 heavy (non-hydrogen) atoms. The summed E-state index contributed by atoms with van der Waals surface area (Å²) in [5.41, 5.74) is 0.399. The van der Waals surface area contributed by atoms with Crippen molar-refractivity contribution < 1.29 is 23.8 Å². The number of amides is 2. The second-order valence-corrected chi connectivity index (χ2v) is 7.20. The average Bonchev–Trinajstić information content (AvgIpc) is 3.19. The lowest BCUT2D eigenvalue weighted by molar-refractivity contribution is -0.124. The molecule has 0 radical (unpaired) electrons. The molecule has 1 aromatic carbocycles. The van der Waals surface area contributed by atoms with Crippen molar-refractivity contribution in [2.75, 3.05) is 39.5 Å². The van der Waals surface area contributed by atoms with Gasteiger partial charge >= 0.3 is 0 Å². The number of nitrogens with zero attached hydrogens (tertiary/aromatic N) is 1. The molecular formula is C19H28N2O5S. The lowest BCUT2D eigenvalue weighted by Gasteiger charge is -2.24. The molecule has 0 saturated carbocycles. The van der Waals surface area contributed by atoms with E-state index in [1.165, 1.54) is 21.3 Å². The van der Waals surface area contributed by atoms with Crippen LogP contribution in [0.3, 0.4) is 0 Å². The van der Waals surface area contributed by atoms with E-state index in [2.05, 4.69) is 12.2 Å². The number of hydrogen-bond acceptors (Lipinski definition) is 6. The van der Waals surface area contributed by atoms with Gasteiger partial charge in [-0.15, -0.1) is 11.8 Å². The minimum Gasteiger partial charge on any atom is -0.493 e. The molecule has 1 saturated heterocycles. The summed E-state index contributed by atoms with van der Waals surface area (Å²) in [6, 6.07) is 2.76. The van der Waals surface area contributed by atoms with Crippen molar-refractivity contribution in [3.05, 3.63) is 17.7 Å². The zero-order valence-electron chi connectivity index (χ0n) is 16.4. The minimum absolute atomic E-state index is 0.100. The monoisotopic (exact) mass is 396 g/mol. The van der Waals surface area contributed by atoms with Gasteiger partial charge in [-0.05, 0) is 18.6 Å². The fourth-order valence-corrected chi connectivity index (χ4v) is 4.09. The Morgan fingerprint density at radius 1 is 1.15 bits per heavy atom. The molecule has 1 N–H and O–H groups in total. The van der Waals surface area contributed by atoms with Gasteiger partial charge in [0.25, 0.3) is 5.91 Å². The highest BCUT2D eigenvalue weighted by atomic mass is 32.2. The molecule has 0 aromatic heterocycles. The number of rotatable bonds is 9. The Balaban J connectivity index is 2.17. The molecule has 1 fully saturated rings. The normalized spacial score (nSPS) is 16.1. The summed E-state index contributed by atoms with van der Waals surface area (Å²) < 4.78 is 15.9. The van der Waals surface area contributed by atoms with Gasteiger partial charge in [0, 0.05) is 17.9 Å². The van der Waals surface area contributed by atoms with Gasteiger partial charge in [-0.2, -0.15) is 0 Å². The first-order valence-electron chi connectivity index (χ1n) is 9.03. The van der Waals surface area contributed by atoms with Gasteiger partial charge in [0.15, 0.2) is 11.5 Å². The van der Waals surface area contributed by atoms with Gasteiger partial charge in [-0.25, -0.2) is 0 Å². The molecule has 7 nitrogen and oxygen atoms in total. The van der Waals surface area contributed by atoms with Crippen LogP contribution >= 0.6 is 11.8 Å². The van der Waals surface area contributed by atoms with E-state index in [1.807, 2.05) is 0 Å². The van der Waals surface area contributed by atoms with Gasteiger partial charge in [-0.3, -0.25) is 9.59 Å². The van der Waals surface area contributed by atoms with E-state index in [9.17, 15) is 9.59 Å². The maximum absolute atomic E-state index is 13.1. The van der Waals surface area contributed by atoms with E-state index in [1.54, 1.807) is 28.8 Å². The summed E-state index contributed by atoms with van der Waals surface area (Å²) >= 11 is 1.57. The fourth-order valence-electron chi connectivity index (χ4n) is 2.93. The maximum Gasteiger partial charge on any atom is 0.255 e. The second kappa shape index (κ2) is 10.3. The third-order valence-electron chi connectivity index (χ3n) is 4.44. The number of benzene rings is 1. The molecule has 0 bridgehead atoms. The van der Waals surface area contributed by atoms with Crippen molar-refractivity contribution in [3.63, 3.8) is 0 Å². The predicted molar refractivity (Wildman–Crippen MR) is 106 cm³/mol. The van der Waals surface area contributed by atoms with E-state index < -0.39 is 6.04 Å². The Morgan fingerprint density at radius 2 is 1.81 bits per heavy atom. The summed E-state index contributed by atoms with van der Waals surface area (Å²) in [7, 11) is 4.52. The predicted octanol–water partition coefficient (Wildman–Crippen LogP) is 2.53. The topological polar surface area (TPSA) is 77.1 Å². The Hall–Kier alpha value is -2.09. The van der Waals surface area contributed by atoms with Crippen LogP contribution in [0, 0.1) is 0 Å². The number of nitrogens with one attached hydrogen (secondary N) is 1. The molecule has 0 aliphatic carbocycles. The summed E-state index contributed by atoms with van der Waals surface area (Å²) in [4.78, 5) is 27.2. The van der Waals surface area contributed by atoms with Crippen molar-refractivity contribution in [2.24, 2.45) is 0 Å². The number of unbranched alkanes of at least 4 members (excludes halogenated alkanes) is 2. The first kappa shape index (κ1) is 21.2. The Labute approximate surface area is 164 Å². The Bertz CT molecular complexity index is 642. The SMILES string of the molecule is CCCCCNC(=O)[C@@H]1CSCN1C(=O)c1cc(OC)c(OC)c(OC)c1. The van der Waals surface area contributed by atoms with Crippen molar-refractivity contribution in [2.45, 2.75) is 32.2 Å². The molecule has 8 heteroatoms. The Morgan fingerprint density at radius 3 is 2.37 bits per heavy atom. The summed E-state index contributed by atoms with van der Waals surface area (Å²) in [6.07, 6.45) is 3.12. The smallest absolute Gasteiger partial charge is 0.255 e.